The summed E-state index contributed by atoms with van der Waals surface area (Å²) in [6.07, 6.45) is 0. The summed E-state index contributed by atoms with van der Waals surface area (Å²) in [5.41, 5.74) is 11.3. The van der Waals surface area contributed by atoms with Crippen molar-refractivity contribution in [3.8, 4) is 34.5 Å². The molecule has 6 nitrogen and oxygen atoms in total. The molecular weight excluding hydrogens is 747 g/mol. The van der Waals surface area contributed by atoms with Gasteiger partial charge in [-0.3, -0.25) is 0 Å². The summed E-state index contributed by atoms with van der Waals surface area (Å²) < 4.78 is 37.5. The van der Waals surface area contributed by atoms with Crippen LogP contribution in [0.2, 0.25) is 3.34 Å². The molecule has 1 aliphatic rings. The number of allylic oxidation sites excluding steroid dienone is 4. The van der Waals surface area contributed by atoms with Gasteiger partial charge < -0.3 is 37.2 Å². The van der Waals surface area contributed by atoms with Gasteiger partial charge >= 0.3 is 296 Å². The first kappa shape index (κ1) is 45.8. The van der Waals surface area contributed by atoms with Crippen molar-refractivity contribution in [2.45, 2.75) is 72.6 Å². The van der Waals surface area contributed by atoms with Gasteiger partial charge in [-0.05, 0) is 0 Å². The van der Waals surface area contributed by atoms with Crippen LogP contribution in [0, 0.1) is 41.5 Å². The van der Waals surface area contributed by atoms with Crippen LogP contribution in [0.15, 0.2) is 40.5 Å². The van der Waals surface area contributed by atoms with Gasteiger partial charge in [0.15, 0.2) is 0 Å². The molecule has 0 unspecified atom stereocenters. The number of hydrogen-bond acceptors (Lipinski definition) is 6. The number of benzene rings is 3. The largest absolute Gasteiger partial charge is 1.00 e. The summed E-state index contributed by atoms with van der Waals surface area (Å²) in [6, 6.07) is 6.37. The van der Waals surface area contributed by atoms with Crippen molar-refractivity contribution in [1.29, 1.82) is 0 Å². The maximum atomic E-state index is 6.47. The van der Waals surface area contributed by atoms with E-state index in [0.717, 1.165) is 83.4 Å². The Kier molecular flexibility index (Phi) is 15.6. The minimum atomic E-state index is -3.60. The number of halogens is 3. The quantitative estimate of drug-likeness (QED) is 0.175. The topological polar surface area (TPSA) is 55.4 Å². The Hall–Kier alpha value is -2.26. The molecule has 0 amide bonds. The molecule has 0 spiro atoms. The summed E-state index contributed by atoms with van der Waals surface area (Å²) >= 11 is 2.42. The van der Waals surface area contributed by atoms with Crippen LogP contribution in [0.1, 0.15) is 61.1 Å². The molecule has 3 aromatic rings. The average molecular weight is 798 g/mol. The Morgan fingerprint density at radius 1 is 0.440 bits per heavy atom. The number of aryl methyl sites for hydroxylation is 3. The van der Waals surface area contributed by atoms with Crippen LogP contribution < -0.4 is 81.2 Å². The molecular formula is C39H51Cl3O6SiTi. The van der Waals surface area contributed by atoms with E-state index in [2.05, 4.69) is 108 Å². The molecule has 0 fully saturated rings. The summed E-state index contributed by atoms with van der Waals surface area (Å²) in [4.78, 5) is 0. The van der Waals surface area contributed by atoms with Crippen LogP contribution in [0.5, 0.6) is 34.5 Å². The average Bonchev–Trinajstić information content (AvgIpc) is 3.18. The van der Waals surface area contributed by atoms with E-state index in [0.29, 0.717) is 0 Å². The minimum absolute atomic E-state index is 0. The van der Waals surface area contributed by atoms with Crippen molar-refractivity contribution < 1.29 is 86.1 Å². The van der Waals surface area contributed by atoms with E-state index in [4.69, 9.17) is 28.4 Å². The van der Waals surface area contributed by atoms with E-state index in [-0.39, 0.29) is 37.2 Å². The van der Waals surface area contributed by atoms with E-state index in [1.54, 1.807) is 42.7 Å². The molecule has 11 heteroatoms. The Morgan fingerprint density at radius 2 is 0.680 bits per heavy atom. The van der Waals surface area contributed by atoms with Gasteiger partial charge in [0.2, 0.25) is 0 Å². The number of rotatable bonds is 10. The number of hydrogen-bond donors (Lipinski definition) is 0. The predicted octanol–water partition coefficient (Wildman–Crippen LogP) is -2.00. The monoisotopic (exact) mass is 796 g/mol. The molecule has 4 rings (SSSR count). The molecule has 1 aliphatic carbocycles. The molecule has 0 heterocycles. The Morgan fingerprint density at radius 3 is 0.880 bits per heavy atom. The Bertz CT molecular complexity index is 1650. The number of methoxy groups -OCH3 is 6. The molecule has 0 aromatic heterocycles. The van der Waals surface area contributed by atoms with Crippen molar-refractivity contribution in [2.75, 3.05) is 42.7 Å². The van der Waals surface area contributed by atoms with Gasteiger partial charge in [-0.1, -0.05) is 0 Å². The first-order chi connectivity index (χ1) is 22.1. The van der Waals surface area contributed by atoms with E-state index >= 15 is 0 Å². The normalized spacial score (nSPS) is 13.6. The van der Waals surface area contributed by atoms with Gasteiger partial charge in [-0.25, -0.2) is 0 Å². The van der Waals surface area contributed by atoms with Crippen molar-refractivity contribution in [1.82, 2.24) is 0 Å². The maximum absolute atomic E-state index is 6.47. The predicted molar refractivity (Wildman–Crippen MR) is 191 cm³/mol. The fourth-order valence-electron chi connectivity index (χ4n) is 8.51. The third kappa shape index (κ3) is 6.28. The molecule has 0 radical (unpaired) electrons. The van der Waals surface area contributed by atoms with E-state index in [1.807, 2.05) is 0 Å². The first-order valence-corrected chi connectivity index (χ1v) is 18.7. The summed E-state index contributed by atoms with van der Waals surface area (Å²) in [5, 5.41) is 3.31. The third-order valence-corrected chi connectivity index (χ3v) is 19.7. The number of ether oxygens (including phenoxy) is 6. The Balaban J connectivity index is 0.00000417. The summed E-state index contributed by atoms with van der Waals surface area (Å²) in [5.74, 6) is 4.92. The standard InChI is InChI=1S/C39H51O6Si.3ClH.Ti/c1-20-17-30(40-11)37(27(8)33(20)43-14)46(36-25(6)23(4)24(5)26(36)7,38-28(9)34(44-15)21(2)18-31(38)41-12)39-29(10)35(45-16)22(3)19-32(39)42-13;;;;/h17-19H,1-16H3;3*1H;/q;;;;+3/p-3. The van der Waals surface area contributed by atoms with Gasteiger partial charge in [0, 0.05) is 0 Å². The second-order valence-electron chi connectivity index (χ2n) is 12.8. The fourth-order valence-corrected chi connectivity index (χ4v) is 17.9. The molecule has 0 N–H and O–H groups in total. The molecule has 3 aromatic carbocycles. The zero-order chi connectivity index (χ0) is 35.3. The molecule has 0 saturated carbocycles. The summed E-state index contributed by atoms with van der Waals surface area (Å²) in [7, 11) is 6.94. The fraction of sp³-hybridized carbons (Fsp3) is 0.436. The van der Waals surface area contributed by atoms with Gasteiger partial charge in [0.1, 0.15) is 0 Å². The van der Waals surface area contributed by atoms with Crippen LogP contribution in [0.25, 0.3) is 0 Å². The summed E-state index contributed by atoms with van der Waals surface area (Å²) in [6.45, 7) is 21.8. The van der Waals surface area contributed by atoms with Crippen molar-refractivity contribution in [3.05, 3.63) is 73.9 Å². The molecule has 272 valence electrons. The Labute approximate surface area is 331 Å². The maximum Gasteiger partial charge on any atom is -1.00 e. The van der Waals surface area contributed by atoms with Crippen LogP contribution in [-0.4, -0.2) is 50.7 Å². The van der Waals surface area contributed by atoms with Gasteiger partial charge in [0.05, 0.1) is 0 Å². The molecule has 0 bridgehead atoms. The SMILES string of the molecule is COc1cc(C)c(OC)c(C)c1[Si](c1c(OC)cc(C)c(OC)c1C)(c1c(OC)cc(C)c(OC)c1C)[C]1([Ti+3])C(C)=C(C)C(C)=C1C.[Cl-].[Cl-].[Cl-]. The molecule has 50 heavy (non-hydrogen) atoms. The van der Waals surface area contributed by atoms with Crippen LogP contribution >= 0.6 is 0 Å². The van der Waals surface area contributed by atoms with Crippen molar-refractivity contribution >= 4 is 23.6 Å². The van der Waals surface area contributed by atoms with Crippen molar-refractivity contribution in [3.63, 3.8) is 0 Å². The third-order valence-electron chi connectivity index (χ3n) is 10.8. The molecule has 0 aliphatic heterocycles. The van der Waals surface area contributed by atoms with Crippen LogP contribution in [-0.2, 0) is 20.4 Å². The van der Waals surface area contributed by atoms with E-state index < -0.39 is 11.4 Å². The second kappa shape index (κ2) is 17.0. The van der Waals surface area contributed by atoms with Crippen molar-refractivity contribution in [2.24, 2.45) is 0 Å². The van der Waals surface area contributed by atoms with Gasteiger partial charge in [-0.2, -0.15) is 0 Å². The van der Waals surface area contributed by atoms with Gasteiger partial charge in [0.25, 0.3) is 0 Å². The smallest absolute Gasteiger partial charge is 1.00 e. The second-order valence-corrected chi connectivity index (χ2v) is 18.5. The molecule has 0 atom stereocenters. The van der Waals surface area contributed by atoms with Crippen LogP contribution in [0.3, 0.4) is 0 Å². The van der Waals surface area contributed by atoms with E-state index in [1.165, 1.54) is 22.3 Å². The first-order valence-electron chi connectivity index (χ1n) is 15.9. The van der Waals surface area contributed by atoms with Crippen LogP contribution in [0.4, 0.5) is 0 Å². The zero-order valence-corrected chi connectivity index (χ0v) is 37.1. The molecule has 0 saturated heterocycles. The zero-order valence-electron chi connectivity index (χ0n) is 32.3. The minimum Gasteiger partial charge on any atom is -1.00 e. The van der Waals surface area contributed by atoms with E-state index in [9.17, 15) is 0 Å². The van der Waals surface area contributed by atoms with Gasteiger partial charge in [-0.15, -0.1) is 0 Å².